The summed E-state index contributed by atoms with van der Waals surface area (Å²) in [6.07, 6.45) is 0. The summed E-state index contributed by atoms with van der Waals surface area (Å²) in [5, 5.41) is 0. The first-order valence-electron chi connectivity index (χ1n) is 1.13. The molecule has 0 spiro atoms. The fourth-order valence-electron chi connectivity index (χ4n) is 0. The Balaban J connectivity index is -0.0000000720. The van der Waals surface area contributed by atoms with Gasteiger partial charge in [-0.25, -0.2) is 0 Å². The molecule has 0 aliphatic carbocycles. The van der Waals surface area contributed by atoms with Crippen molar-refractivity contribution < 1.29 is 77.3 Å². The summed E-state index contributed by atoms with van der Waals surface area (Å²) in [5.41, 5.74) is 0. The van der Waals surface area contributed by atoms with Gasteiger partial charge in [-0.2, -0.15) is 0 Å². The summed E-state index contributed by atoms with van der Waals surface area (Å²) in [5.74, 6) is 0. The zero-order valence-electron chi connectivity index (χ0n) is 4.13. The molecule has 6 nitrogen and oxygen atoms in total. The molecule has 0 saturated heterocycles. The molecule has 0 radical (unpaired) electrons. The Bertz CT molecular complexity index is 128. The number of rotatable bonds is 0. The van der Waals surface area contributed by atoms with Gasteiger partial charge in [-0.3, -0.25) is 0 Å². The molecule has 0 unspecified atom stereocenters. The molecular weight excluding hydrogens is 347 g/mol. The molecule has 9 heteroatoms. The fourth-order valence-corrected chi connectivity index (χ4v) is 0. The first kappa shape index (κ1) is 16.7. The molecular formula is H2Nb2O6Zn. The monoisotopic (exact) mass is 348 g/mol. The summed E-state index contributed by atoms with van der Waals surface area (Å²) in [6, 6.07) is 0. The van der Waals surface area contributed by atoms with Gasteiger partial charge < -0.3 is 0 Å². The molecule has 0 aromatic carbocycles. The van der Waals surface area contributed by atoms with Crippen LogP contribution in [0, 0.1) is 0 Å². The fraction of sp³-hybridized carbons (Fsp3) is 0. The predicted octanol–water partition coefficient (Wildman–Crippen LogP) is -1.60. The molecule has 0 aliphatic heterocycles. The Hall–Kier alpha value is 1.22. The zero-order chi connectivity index (χ0) is 7.15. The number of hydrogen-bond donors (Lipinski definition) is 2. The van der Waals surface area contributed by atoms with E-state index in [1.54, 1.807) is 0 Å². The summed E-state index contributed by atoms with van der Waals surface area (Å²) >= 11 is -7.90. The van der Waals surface area contributed by atoms with Crippen LogP contribution in [0.15, 0.2) is 0 Å². The van der Waals surface area contributed by atoms with Crippen molar-refractivity contribution in [1.82, 2.24) is 0 Å². The summed E-state index contributed by atoms with van der Waals surface area (Å²) < 4.78 is 49.1. The normalized spacial score (nSPS) is 5.56. The maximum Gasteiger partial charge on any atom is 0 e. The molecule has 50 valence electrons. The van der Waals surface area contributed by atoms with Crippen LogP contribution in [0.5, 0.6) is 0 Å². The van der Waals surface area contributed by atoms with Gasteiger partial charge in [0, 0.05) is 19.5 Å². The predicted molar refractivity (Wildman–Crippen MR) is 7.18 cm³/mol. The van der Waals surface area contributed by atoms with E-state index in [1.165, 1.54) is 0 Å². The van der Waals surface area contributed by atoms with E-state index in [-0.39, 0.29) is 19.5 Å². The molecule has 0 rings (SSSR count). The zero-order valence-corrected chi connectivity index (χ0v) is 11.5. The second kappa shape index (κ2) is 12.0. The third-order valence-electron chi connectivity index (χ3n) is 0. The first-order chi connectivity index (χ1) is 3.46. The Morgan fingerprint density at radius 3 is 0.778 bits per heavy atom. The van der Waals surface area contributed by atoms with Crippen LogP contribution in [-0.2, 0) is 70.0 Å². The van der Waals surface area contributed by atoms with Gasteiger partial charge in [0.25, 0.3) is 0 Å². The minimum Gasteiger partial charge on any atom is 0 e. The SMILES string of the molecule is [O]=[Nb](=[O])[OH].[O]=[Nb](=[O])[OH].[Zn]. The van der Waals surface area contributed by atoms with Crippen LogP contribution < -0.4 is 0 Å². The van der Waals surface area contributed by atoms with Crippen LogP contribution in [0.3, 0.4) is 0 Å². The topological polar surface area (TPSA) is 109 Å². The summed E-state index contributed by atoms with van der Waals surface area (Å²) in [4.78, 5) is 0. The summed E-state index contributed by atoms with van der Waals surface area (Å²) in [7, 11) is 0. The van der Waals surface area contributed by atoms with Crippen LogP contribution in [0.25, 0.3) is 0 Å². The maximum absolute atomic E-state index is 8.71. The van der Waals surface area contributed by atoms with Gasteiger partial charge in [0.15, 0.2) is 0 Å². The van der Waals surface area contributed by atoms with Crippen molar-refractivity contribution in [2.75, 3.05) is 0 Å². The molecule has 0 amide bonds. The van der Waals surface area contributed by atoms with E-state index >= 15 is 0 Å². The molecule has 2 N–H and O–H groups in total. The van der Waals surface area contributed by atoms with Crippen molar-refractivity contribution in [3.05, 3.63) is 0 Å². The third-order valence-corrected chi connectivity index (χ3v) is 0. The van der Waals surface area contributed by atoms with E-state index in [2.05, 4.69) is 0 Å². The van der Waals surface area contributed by atoms with Crippen molar-refractivity contribution in [3.8, 4) is 0 Å². The van der Waals surface area contributed by atoms with Crippen LogP contribution in [0.1, 0.15) is 0 Å². The van der Waals surface area contributed by atoms with Gasteiger partial charge in [0.2, 0.25) is 0 Å². The Kier molecular flexibility index (Phi) is 22.1. The van der Waals surface area contributed by atoms with E-state index in [0.29, 0.717) is 0 Å². The molecule has 0 aromatic heterocycles. The largest absolute Gasteiger partial charge is 0 e. The van der Waals surface area contributed by atoms with Gasteiger partial charge in [-0.1, -0.05) is 0 Å². The molecule has 0 aromatic rings. The minimum atomic E-state index is -3.95. The van der Waals surface area contributed by atoms with Gasteiger partial charge in [0.05, 0.1) is 0 Å². The van der Waals surface area contributed by atoms with Crippen LogP contribution in [-0.4, -0.2) is 7.23 Å². The van der Waals surface area contributed by atoms with Crippen molar-refractivity contribution >= 4 is 0 Å². The van der Waals surface area contributed by atoms with E-state index < -0.39 is 37.6 Å². The molecule has 0 atom stereocenters. The molecule has 0 aliphatic rings. The Morgan fingerprint density at radius 1 is 0.778 bits per heavy atom. The van der Waals surface area contributed by atoms with Gasteiger partial charge in [0.1, 0.15) is 0 Å². The van der Waals surface area contributed by atoms with Crippen molar-refractivity contribution in [2.24, 2.45) is 0 Å². The molecule has 0 bridgehead atoms. The second-order valence-electron chi connectivity index (χ2n) is 0.476. The van der Waals surface area contributed by atoms with Crippen LogP contribution >= 0.6 is 0 Å². The van der Waals surface area contributed by atoms with Crippen LogP contribution in [0.2, 0.25) is 0 Å². The Labute approximate surface area is 76.6 Å². The van der Waals surface area contributed by atoms with E-state index in [1.807, 2.05) is 0 Å². The van der Waals surface area contributed by atoms with Crippen molar-refractivity contribution in [1.29, 1.82) is 0 Å². The molecule has 0 fully saturated rings. The van der Waals surface area contributed by atoms with Crippen molar-refractivity contribution in [2.45, 2.75) is 0 Å². The second-order valence-corrected chi connectivity index (χ2v) is 2.81. The van der Waals surface area contributed by atoms with Gasteiger partial charge in [-0.05, 0) is 0 Å². The molecule has 0 heterocycles. The average Bonchev–Trinajstić information content (AvgIpc) is 1.25. The molecule has 0 saturated carbocycles. The minimum absolute atomic E-state index is 0. The smallest absolute Gasteiger partial charge is 0 e. The van der Waals surface area contributed by atoms with Gasteiger partial charge >= 0.3 is 57.8 Å². The maximum atomic E-state index is 8.71. The Morgan fingerprint density at radius 2 is 0.778 bits per heavy atom. The van der Waals surface area contributed by atoms with Crippen LogP contribution in [0.4, 0.5) is 0 Å². The molecule has 9 heavy (non-hydrogen) atoms. The first-order valence-corrected chi connectivity index (χ1v) is 6.69. The summed E-state index contributed by atoms with van der Waals surface area (Å²) in [6.45, 7) is 0. The third kappa shape index (κ3) is 321. The quantitative estimate of drug-likeness (QED) is 0.510. The average molecular weight is 349 g/mol. The van der Waals surface area contributed by atoms with Crippen molar-refractivity contribution in [3.63, 3.8) is 0 Å². The number of hydrogen-bond acceptors (Lipinski definition) is 4. The van der Waals surface area contributed by atoms with E-state index in [4.69, 9.17) is 20.2 Å². The van der Waals surface area contributed by atoms with E-state index in [0.717, 1.165) is 0 Å². The van der Waals surface area contributed by atoms with Gasteiger partial charge in [-0.15, -0.1) is 0 Å². The van der Waals surface area contributed by atoms with E-state index in [9.17, 15) is 0 Å². The standard InChI is InChI=1S/2Nb.2H2O.4O.Zn/h;;2*1H2;;;;;/q2*+1;;;;;;;/p-2.